The predicted molar refractivity (Wildman–Crippen MR) is 57.1 cm³/mol. The Balaban J connectivity index is 2.58. The molecule has 0 saturated carbocycles. The maximum absolute atomic E-state index is 5.82. The molecule has 0 aromatic carbocycles. The van der Waals surface area contributed by atoms with Crippen LogP contribution in [-0.4, -0.2) is 60.1 Å². The molecule has 4 nitrogen and oxygen atoms in total. The quantitative estimate of drug-likeness (QED) is 0.597. The van der Waals surface area contributed by atoms with Gasteiger partial charge in [0.05, 0.1) is 18.3 Å². The first-order chi connectivity index (χ1) is 7.17. The fraction of sp³-hybridized carbons (Fsp3) is 1.00. The first-order valence-corrected chi connectivity index (χ1v) is 5.11. The van der Waals surface area contributed by atoms with Gasteiger partial charge in [-0.2, -0.15) is 0 Å². The largest absolute Gasteiger partial charge is 0.385 e. The van der Waals surface area contributed by atoms with Gasteiger partial charge in [0.1, 0.15) is 7.85 Å². The second kappa shape index (κ2) is 5.84. The van der Waals surface area contributed by atoms with Crippen LogP contribution in [0.1, 0.15) is 12.8 Å². The summed E-state index contributed by atoms with van der Waals surface area (Å²) in [4.78, 5) is 0. The monoisotopic (exact) mass is 214 g/mol. The molecule has 3 atom stereocenters. The minimum Gasteiger partial charge on any atom is -0.385 e. The Bertz CT molecular complexity index is 190. The summed E-state index contributed by atoms with van der Waals surface area (Å²) in [6.07, 6.45) is 1.46. The van der Waals surface area contributed by atoms with Crippen LogP contribution >= 0.6 is 0 Å². The van der Waals surface area contributed by atoms with E-state index in [1.165, 1.54) is 0 Å². The van der Waals surface area contributed by atoms with Gasteiger partial charge in [-0.05, 0) is 0 Å². The molecule has 0 aromatic rings. The third-order valence-electron chi connectivity index (χ3n) is 2.80. The molecule has 1 rings (SSSR count). The summed E-state index contributed by atoms with van der Waals surface area (Å²) in [7, 11) is 10.8. The Morgan fingerprint density at radius 3 is 2.53 bits per heavy atom. The molecule has 1 heterocycles. The molecule has 1 aliphatic heterocycles. The van der Waals surface area contributed by atoms with Gasteiger partial charge in [-0.3, -0.25) is 0 Å². The van der Waals surface area contributed by atoms with Crippen molar-refractivity contribution >= 4 is 7.85 Å². The third-order valence-corrected chi connectivity index (χ3v) is 2.80. The van der Waals surface area contributed by atoms with Crippen LogP contribution < -0.4 is 0 Å². The molecular weight excluding hydrogens is 195 g/mol. The summed E-state index contributed by atoms with van der Waals surface area (Å²) in [5.41, 5.74) is -0.356. The topological polar surface area (TPSA) is 36.9 Å². The van der Waals surface area contributed by atoms with Crippen LogP contribution in [0.3, 0.4) is 0 Å². The Morgan fingerprint density at radius 2 is 2.07 bits per heavy atom. The lowest BCUT2D eigenvalue weighted by Gasteiger charge is -2.27. The van der Waals surface area contributed by atoms with E-state index >= 15 is 0 Å². The van der Waals surface area contributed by atoms with Crippen molar-refractivity contribution < 1.29 is 18.9 Å². The molecule has 0 aliphatic carbocycles. The first kappa shape index (κ1) is 13.0. The molecule has 1 saturated heterocycles. The van der Waals surface area contributed by atoms with Crippen molar-refractivity contribution in [3.63, 3.8) is 0 Å². The number of ether oxygens (including phenoxy) is 4. The summed E-state index contributed by atoms with van der Waals surface area (Å²) in [6.45, 7) is 1.15. The van der Waals surface area contributed by atoms with Gasteiger partial charge in [-0.1, -0.05) is 0 Å². The van der Waals surface area contributed by atoms with Crippen LogP contribution in [-0.2, 0) is 18.9 Å². The maximum Gasteiger partial charge on any atom is 0.112 e. The van der Waals surface area contributed by atoms with E-state index in [-0.39, 0.29) is 17.7 Å². The van der Waals surface area contributed by atoms with Gasteiger partial charge in [0, 0.05) is 46.8 Å². The van der Waals surface area contributed by atoms with Gasteiger partial charge < -0.3 is 18.9 Å². The first-order valence-electron chi connectivity index (χ1n) is 5.11. The van der Waals surface area contributed by atoms with E-state index in [0.29, 0.717) is 13.2 Å². The average molecular weight is 214 g/mol. The lowest BCUT2D eigenvalue weighted by atomic mass is 9.90. The normalized spacial score (nSPS) is 35.9. The second-order valence-electron chi connectivity index (χ2n) is 3.92. The zero-order valence-corrected chi connectivity index (χ0v) is 9.69. The predicted octanol–water partition coefficient (Wildman–Crippen LogP) is 0.338. The van der Waals surface area contributed by atoms with Gasteiger partial charge in [0.25, 0.3) is 0 Å². The molecule has 86 valence electrons. The number of hydrogen-bond acceptors (Lipinski definition) is 4. The van der Waals surface area contributed by atoms with Crippen molar-refractivity contribution in [3.8, 4) is 0 Å². The highest BCUT2D eigenvalue weighted by Gasteiger charge is 2.44. The molecular formula is C10H19BO4. The fourth-order valence-corrected chi connectivity index (χ4v) is 1.99. The van der Waals surface area contributed by atoms with Crippen LogP contribution in [0.4, 0.5) is 0 Å². The summed E-state index contributed by atoms with van der Waals surface area (Å²) < 4.78 is 21.2. The Morgan fingerprint density at radius 1 is 1.33 bits per heavy atom. The molecule has 1 fully saturated rings. The zero-order chi connectivity index (χ0) is 11.3. The summed E-state index contributed by atoms with van der Waals surface area (Å²) in [5, 5.41) is 0. The van der Waals surface area contributed by atoms with E-state index in [1.54, 1.807) is 21.3 Å². The zero-order valence-electron chi connectivity index (χ0n) is 9.69. The molecule has 0 N–H and O–H groups in total. The lowest BCUT2D eigenvalue weighted by molar-refractivity contribution is -0.0784. The van der Waals surface area contributed by atoms with E-state index in [4.69, 9.17) is 26.8 Å². The van der Waals surface area contributed by atoms with Crippen LogP contribution in [0, 0.1) is 0 Å². The van der Waals surface area contributed by atoms with Crippen molar-refractivity contribution in [2.45, 2.75) is 30.5 Å². The molecule has 0 bridgehead atoms. The second-order valence-corrected chi connectivity index (χ2v) is 3.92. The smallest absolute Gasteiger partial charge is 0.112 e. The SMILES string of the molecule is [B][C@@H]1O[C@](CCOC)(COC)C[C@H]1OC. The van der Waals surface area contributed by atoms with Gasteiger partial charge in [-0.25, -0.2) is 0 Å². The van der Waals surface area contributed by atoms with Gasteiger partial charge in [0.2, 0.25) is 0 Å². The van der Waals surface area contributed by atoms with Crippen LogP contribution in [0.15, 0.2) is 0 Å². The average Bonchev–Trinajstić information content (AvgIpc) is 2.53. The summed E-state index contributed by atoms with van der Waals surface area (Å²) >= 11 is 0. The van der Waals surface area contributed by atoms with E-state index in [0.717, 1.165) is 12.8 Å². The molecule has 0 spiro atoms. The van der Waals surface area contributed by atoms with Crippen molar-refractivity contribution in [2.24, 2.45) is 0 Å². The fourth-order valence-electron chi connectivity index (χ4n) is 1.99. The Labute approximate surface area is 92.6 Å². The maximum atomic E-state index is 5.82. The molecule has 5 heteroatoms. The molecule has 0 unspecified atom stereocenters. The van der Waals surface area contributed by atoms with Crippen LogP contribution in [0.25, 0.3) is 0 Å². The highest BCUT2D eigenvalue weighted by atomic mass is 16.6. The molecule has 0 amide bonds. The van der Waals surface area contributed by atoms with Crippen molar-refractivity contribution in [1.29, 1.82) is 0 Å². The van der Waals surface area contributed by atoms with Gasteiger partial charge >= 0.3 is 0 Å². The third kappa shape index (κ3) is 3.18. The molecule has 1 aliphatic rings. The number of hydrogen-bond donors (Lipinski definition) is 0. The van der Waals surface area contributed by atoms with E-state index in [1.807, 2.05) is 0 Å². The minimum atomic E-state index is -0.373. The highest BCUT2D eigenvalue weighted by molar-refractivity contribution is 6.11. The Kier molecular flexibility index (Phi) is 5.05. The molecule has 15 heavy (non-hydrogen) atoms. The number of methoxy groups -OCH3 is 3. The van der Waals surface area contributed by atoms with E-state index in [9.17, 15) is 0 Å². The van der Waals surface area contributed by atoms with Gasteiger partial charge in [-0.15, -0.1) is 0 Å². The van der Waals surface area contributed by atoms with Crippen LogP contribution in [0.2, 0.25) is 0 Å². The minimum absolute atomic E-state index is 0.0583. The molecule has 0 aromatic heterocycles. The van der Waals surface area contributed by atoms with Crippen molar-refractivity contribution in [2.75, 3.05) is 34.5 Å². The summed E-state index contributed by atoms with van der Waals surface area (Å²) in [6, 6.07) is -0.373. The molecule has 2 radical (unpaired) electrons. The number of rotatable bonds is 6. The van der Waals surface area contributed by atoms with E-state index < -0.39 is 0 Å². The summed E-state index contributed by atoms with van der Waals surface area (Å²) in [5.74, 6) is 0. The van der Waals surface area contributed by atoms with E-state index in [2.05, 4.69) is 0 Å². The van der Waals surface area contributed by atoms with Crippen LogP contribution in [0.5, 0.6) is 0 Å². The van der Waals surface area contributed by atoms with Gasteiger partial charge in [0.15, 0.2) is 0 Å². The highest BCUT2D eigenvalue weighted by Crippen LogP contribution is 2.34. The standard InChI is InChI=1S/C10H19BO4/c1-12-5-4-10(7-13-2)6-8(14-3)9(11)15-10/h8-9H,4-7H2,1-3H3/t8-,9-,10+/m1/s1. The van der Waals surface area contributed by atoms with Crippen molar-refractivity contribution in [1.82, 2.24) is 0 Å². The Hall–Kier alpha value is -0.0951. The lowest BCUT2D eigenvalue weighted by Crippen LogP contribution is -2.36. The van der Waals surface area contributed by atoms with Crippen molar-refractivity contribution in [3.05, 3.63) is 0 Å².